The Hall–Kier alpha value is -1.16. The molecule has 1 N–H and O–H groups in total. The zero-order valence-electron chi connectivity index (χ0n) is 11.8. The second-order valence-electron chi connectivity index (χ2n) is 4.89. The Labute approximate surface area is 110 Å². The van der Waals surface area contributed by atoms with Gasteiger partial charge < -0.3 is 10.1 Å². The number of nitrogens with one attached hydrogen (secondary N) is 1. The molecule has 1 aromatic heterocycles. The van der Waals surface area contributed by atoms with Crippen molar-refractivity contribution in [3.05, 3.63) is 18.1 Å². The summed E-state index contributed by atoms with van der Waals surface area (Å²) in [4.78, 5) is 8.44. The van der Waals surface area contributed by atoms with Crippen LogP contribution in [0.5, 0.6) is 0 Å². The first-order valence-electron chi connectivity index (χ1n) is 6.85. The van der Waals surface area contributed by atoms with Crippen molar-refractivity contribution in [2.45, 2.75) is 40.0 Å². The molecule has 0 aliphatic heterocycles. The first-order valence-corrected chi connectivity index (χ1v) is 6.85. The highest BCUT2D eigenvalue weighted by molar-refractivity contribution is 5.34. The fourth-order valence-corrected chi connectivity index (χ4v) is 1.60. The van der Waals surface area contributed by atoms with Crippen molar-refractivity contribution in [3.8, 4) is 0 Å². The van der Waals surface area contributed by atoms with Crippen LogP contribution in [0.1, 0.15) is 39.3 Å². The largest absolute Gasteiger partial charge is 0.381 e. The molecule has 0 unspecified atom stereocenters. The average molecular weight is 251 g/mol. The highest BCUT2D eigenvalue weighted by Gasteiger charge is 1.98. The maximum Gasteiger partial charge on any atom is 0.129 e. The molecule has 4 heteroatoms. The molecule has 18 heavy (non-hydrogen) atoms. The molecule has 0 radical (unpaired) electrons. The molecular formula is C14H25N3O. The van der Waals surface area contributed by atoms with Gasteiger partial charge in [0.05, 0.1) is 0 Å². The molecule has 1 aromatic rings. The fraction of sp³-hybridized carbons (Fsp3) is 0.714. The highest BCUT2D eigenvalue weighted by atomic mass is 16.5. The predicted octanol–water partition coefficient (Wildman–Crippen LogP) is 2.90. The molecule has 0 aromatic carbocycles. The summed E-state index contributed by atoms with van der Waals surface area (Å²) in [5.41, 5.74) is 1.10. The summed E-state index contributed by atoms with van der Waals surface area (Å²) in [6.07, 6.45) is 4.75. The molecule has 0 fully saturated rings. The molecule has 0 saturated carbocycles. The Morgan fingerprint density at radius 2 is 2.17 bits per heavy atom. The summed E-state index contributed by atoms with van der Waals surface area (Å²) >= 11 is 0. The number of anilines is 1. The van der Waals surface area contributed by atoms with E-state index in [1.54, 1.807) is 6.33 Å². The fourth-order valence-electron chi connectivity index (χ4n) is 1.60. The molecular weight excluding hydrogens is 226 g/mol. The monoisotopic (exact) mass is 251 g/mol. The van der Waals surface area contributed by atoms with Crippen molar-refractivity contribution in [3.63, 3.8) is 0 Å². The number of aromatic nitrogens is 2. The van der Waals surface area contributed by atoms with Gasteiger partial charge in [-0.25, -0.2) is 9.97 Å². The number of aryl methyl sites for hydroxylation is 1. The van der Waals surface area contributed by atoms with Crippen molar-refractivity contribution in [1.82, 2.24) is 9.97 Å². The van der Waals surface area contributed by atoms with E-state index in [1.165, 1.54) is 0 Å². The number of nitrogens with zero attached hydrogens (tertiary/aromatic N) is 2. The minimum absolute atomic E-state index is 0.608. The molecule has 0 aliphatic rings. The molecule has 0 saturated heterocycles. The average Bonchev–Trinajstić information content (AvgIpc) is 2.34. The maximum absolute atomic E-state index is 5.52. The first kappa shape index (κ1) is 14.9. The summed E-state index contributed by atoms with van der Waals surface area (Å²) < 4.78 is 5.52. The molecule has 0 bridgehead atoms. The van der Waals surface area contributed by atoms with Crippen LogP contribution in [0.2, 0.25) is 0 Å². The van der Waals surface area contributed by atoms with Gasteiger partial charge >= 0.3 is 0 Å². The summed E-state index contributed by atoms with van der Waals surface area (Å²) in [6.45, 7) is 9.01. The topological polar surface area (TPSA) is 47.0 Å². The minimum atomic E-state index is 0.608. The lowest BCUT2D eigenvalue weighted by molar-refractivity contribution is 0.110. The van der Waals surface area contributed by atoms with E-state index in [4.69, 9.17) is 4.74 Å². The normalized spacial score (nSPS) is 10.9. The van der Waals surface area contributed by atoms with E-state index in [9.17, 15) is 0 Å². The van der Waals surface area contributed by atoms with E-state index in [0.29, 0.717) is 5.92 Å². The van der Waals surface area contributed by atoms with Crippen LogP contribution >= 0.6 is 0 Å². The summed E-state index contributed by atoms with van der Waals surface area (Å²) in [5.74, 6) is 1.52. The van der Waals surface area contributed by atoms with Gasteiger partial charge in [0.1, 0.15) is 12.1 Å². The third-order valence-electron chi connectivity index (χ3n) is 2.45. The molecule has 1 rings (SSSR count). The number of ether oxygens (including phenoxy) is 1. The molecule has 4 nitrogen and oxygen atoms in total. The minimum Gasteiger partial charge on any atom is -0.381 e. The second kappa shape index (κ2) is 8.86. The quantitative estimate of drug-likeness (QED) is 0.686. The lowest BCUT2D eigenvalue weighted by atomic mass is 10.2. The Morgan fingerprint density at radius 3 is 2.89 bits per heavy atom. The Bertz CT molecular complexity index is 329. The van der Waals surface area contributed by atoms with Crippen molar-refractivity contribution in [2.24, 2.45) is 5.92 Å². The predicted molar refractivity (Wildman–Crippen MR) is 74.8 cm³/mol. The van der Waals surface area contributed by atoms with Gasteiger partial charge in [-0.05, 0) is 18.8 Å². The lowest BCUT2D eigenvalue weighted by Gasteiger charge is -2.08. The zero-order chi connectivity index (χ0) is 13.2. The van der Waals surface area contributed by atoms with Crippen LogP contribution in [-0.2, 0) is 11.2 Å². The molecule has 1 heterocycles. The van der Waals surface area contributed by atoms with Crippen LogP contribution in [0.4, 0.5) is 5.82 Å². The lowest BCUT2D eigenvalue weighted by Crippen LogP contribution is -2.09. The van der Waals surface area contributed by atoms with E-state index in [2.05, 4.69) is 36.1 Å². The summed E-state index contributed by atoms with van der Waals surface area (Å²) in [6, 6.07) is 2.03. The van der Waals surface area contributed by atoms with Crippen LogP contribution in [0.25, 0.3) is 0 Å². The number of hydrogen-bond donors (Lipinski definition) is 1. The molecule has 0 atom stereocenters. The van der Waals surface area contributed by atoms with E-state index in [0.717, 1.165) is 50.5 Å². The highest BCUT2D eigenvalue weighted by Crippen LogP contribution is 2.05. The van der Waals surface area contributed by atoms with Crippen LogP contribution in [-0.4, -0.2) is 29.7 Å². The van der Waals surface area contributed by atoms with Gasteiger partial charge in [-0.1, -0.05) is 27.2 Å². The summed E-state index contributed by atoms with van der Waals surface area (Å²) in [7, 11) is 0. The summed E-state index contributed by atoms with van der Waals surface area (Å²) in [5, 5.41) is 3.30. The first-order chi connectivity index (χ1) is 8.72. The van der Waals surface area contributed by atoms with Gasteiger partial charge in [-0.15, -0.1) is 0 Å². The van der Waals surface area contributed by atoms with E-state index >= 15 is 0 Å². The van der Waals surface area contributed by atoms with Crippen molar-refractivity contribution >= 4 is 5.82 Å². The smallest absolute Gasteiger partial charge is 0.129 e. The third-order valence-corrected chi connectivity index (χ3v) is 2.45. The third kappa shape index (κ3) is 6.55. The molecule has 0 spiro atoms. The molecule has 0 amide bonds. The van der Waals surface area contributed by atoms with Gasteiger partial charge in [0, 0.05) is 31.5 Å². The van der Waals surface area contributed by atoms with Gasteiger partial charge in [0.25, 0.3) is 0 Å². The molecule has 102 valence electrons. The number of hydrogen-bond acceptors (Lipinski definition) is 4. The van der Waals surface area contributed by atoms with Crippen molar-refractivity contribution in [1.29, 1.82) is 0 Å². The van der Waals surface area contributed by atoms with Crippen LogP contribution in [0, 0.1) is 5.92 Å². The van der Waals surface area contributed by atoms with E-state index in [-0.39, 0.29) is 0 Å². The van der Waals surface area contributed by atoms with Gasteiger partial charge in [0.15, 0.2) is 0 Å². The van der Waals surface area contributed by atoms with E-state index < -0.39 is 0 Å². The zero-order valence-corrected chi connectivity index (χ0v) is 11.8. The Balaban J connectivity index is 2.16. The molecule has 0 aliphatic carbocycles. The van der Waals surface area contributed by atoms with Crippen LogP contribution in [0.15, 0.2) is 12.4 Å². The Kier molecular flexibility index (Phi) is 7.34. The second-order valence-corrected chi connectivity index (χ2v) is 4.89. The van der Waals surface area contributed by atoms with Gasteiger partial charge in [-0.3, -0.25) is 0 Å². The van der Waals surface area contributed by atoms with Crippen molar-refractivity contribution < 1.29 is 4.74 Å². The number of rotatable bonds is 9. The van der Waals surface area contributed by atoms with Gasteiger partial charge in [0.2, 0.25) is 0 Å². The van der Waals surface area contributed by atoms with E-state index in [1.807, 2.05) is 6.07 Å². The standard InChI is InChI=1S/C14H25N3O/c1-4-6-13-9-14(17-11-16-13)15-7-5-8-18-10-12(2)3/h9,11-12H,4-8,10H2,1-3H3,(H,15,16,17). The van der Waals surface area contributed by atoms with Crippen LogP contribution < -0.4 is 5.32 Å². The van der Waals surface area contributed by atoms with Crippen LogP contribution in [0.3, 0.4) is 0 Å². The van der Waals surface area contributed by atoms with Crippen molar-refractivity contribution in [2.75, 3.05) is 25.1 Å². The van der Waals surface area contributed by atoms with Gasteiger partial charge in [-0.2, -0.15) is 0 Å². The Morgan fingerprint density at radius 1 is 1.33 bits per heavy atom. The maximum atomic E-state index is 5.52. The SMILES string of the molecule is CCCc1cc(NCCCOCC(C)C)ncn1.